The average Bonchev–Trinajstić information content (AvgIpc) is 3.25. The molecule has 1 atom stereocenters. The van der Waals surface area contributed by atoms with Gasteiger partial charge < -0.3 is 10.2 Å². The normalized spacial score (nSPS) is 17.7. The quantitative estimate of drug-likeness (QED) is 0.285. The van der Waals surface area contributed by atoms with Crippen LogP contribution in [0.1, 0.15) is 28.3 Å². The van der Waals surface area contributed by atoms with Crippen molar-refractivity contribution in [3.05, 3.63) is 138 Å². The number of phenols is 2. The Hall–Kier alpha value is -4.55. The number of aromatic hydroxyl groups is 2. The van der Waals surface area contributed by atoms with E-state index < -0.39 is 11.6 Å². The van der Waals surface area contributed by atoms with Gasteiger partial charge in [-0.1, -0.05) is 103 Å². The number of rotatable bonds is 3. The third kappa shape index (κ3) is 3.20. The summed E-state index contributed by atoms with van der Waals surface area (Å²) < 4.78 is 0. The van der Waals surface area contributed by atoms with Crippen LogP contribution < -0.4 is 0 Å². The number of hydrogen-bond donors (Lipinski definition) is 2. The van der Waals surface area contributed by atoms with E-state index in [1.54, 1.807) is 17.0 Å². The van der Waals surface area contributed by atoms with Crippen molar-refractivity contribution < 1.29 is 15.0 Å². The number of aliphatic imine (C=N–C) groups is 1. The van der Waals surface area contributed by atoms with Crippen molar-refractivity contribution in [2.75, 3.05) is 0 Å². The molecule has 7 rings (SSSR count). The molecule has 0 fully saturated rings. The summed E-state index contributed by atoms with van der Waals surface area (Å²) in [5.41, 5.74) is 1.74. The van der Waals surface area contributed by atoms with Gasteiger partial charge in [-0.15, -0.1) is 0 Å². The molecule has 0 spiro atoms. The number of nitrogens with zero attached hydrogens (tertiary/aromatic N) is 2. The van der Waals surface area contributed by atoms with Gasteiger partial charge in [-0.05, 0) is 40.1 Å². The van der Waals surface area contributed by atoms with Gasteiger partial charge in [0.25, 0.3) is 5.91 Å². The maximum Gasteiger partial charge on any atom is 0.266 e. The highest BCUT2D eigenvalue weighted by molar-refractivity contribution is 8.14. The first kappa shape index (κ1) is 22.6. The summed E-state index contributed by atoms with van der Waals surface area (Å²) in [4.78, 5) is 22.7. The van der Waals surface area contributed by atoms with E-state index in [-0.39, 0.29) is 17.4 Å². The van der Waals surface area contributed by atoms with Crippen molar-refractivity contribution in [1.82, 2.24) is 4.90 Å². The van der Waals surface area contributed by atoms with E-state index in [1.165, 1.54) is 17.8 Å². The number of carbonyl (C=O) groups is 1. The lowest BCUT2D eigenvalue weighted by atomic mass is 9.82. The van der Waals surface area contributed by atoms with Crippen LogP contribution in [0.4, 0.5) is 0 Å². The summed E-state index contributed by atoms with van der Waals surface area (Å²) in [5, 5.41) is 23.7. The van der Waals surface area contributed by atoms with Crippen molar-refractivity contribution in [2.45, 2.75) is 16.5 Å². The van der Waals surface area contributed by atoms with Gasteiger partial charge in [-0.25, -0.2) is 4.99 Å². The predicted octanol–water partition coefficient (Wildman–Crippen LogP) is 6.59. The third-order valence-electron chi connectivity index (χ3n) is 7.35. The minimum absolute atomic E-state index is 0.0425. The molecular weight excluding hydrogens is 492 g/mol. The van der Waals surface area contributed by atoms with Gasteiger partial charge in [0.15, 0.2) is 10.7 Å². The summed E-state index contributed by atoms with van der Waals surface area (Å²) in [6.07, 6.45) is 0. The minimum Gasteiger partial charge on any atom is -0.508 e. The number of hydrogen-bond acceptors (Lipinski definition) is 5. The summed E-state index contributed by atoms with van der Waals surface area (Å²) in [6.45, 7) is 0. The highest BCUT2D eigenvalue weighted by Crippen LogP contribution is 2.54. The summed E-state index contributed by atoms with van der Waals surface area (Å²) in [5.74, 6) is -0.308. The number of amidine groups is 1. The Kier molecular flexibility index (Phi) is 5.06. The molecule has 38 heavy (non-hydrogen) atoms. The molecule has 2 aliphatic rings. The van der Waals surface area contributed by atoms with Crippen LogP contribution in [-0.4, -0.2) is 26.2 Å². The lowest BCUT2D eigenvalue weighted by Gasteiger charge is -2.37. The molecule has 2 heterocycles. The van der Waals surface area contributed by atoms with Crippen molar-refractivity contribution in [2.24, 2.45) is 4.99 Å². The van der Waals surface area contributed by atoms with Crippen molar-refractivity contribution in [1.29, 1.82) is 0 Å². The fourth-order valence-corrected chi connectivity index (χ4v) is 6.77. The highest BCUT2D eigenvalue weighted by Gasteiger charge is 2.55. The molecule has 2 N–H and O–H groups in total. The van der Waals surface area contributed by atoms with E-state index in [0.29, 0.717) is 10.7 Å². The molecule has 0 aromatic heterocycles. The van der Waals surface area contributed by atoms with Crippen LogP contribution in [0.15, 0.2) is 125 Å². The smallest absolute Gasteiger partial charge is 0.266 e. The predicted molar refractivity (Wildman–Crippen MR) is 149 cm³/mol. The molecule has 0 saturated carbocycles. The first-order chi connectivity index (χ1) is 18.6. The first-order valence-electron chi connectivity index (χ1n) is 12.3. The van der Waals surface area contributed by atoms with Gasteiger partial charge >= 0.3 is 0 Å². The average molecular weight is 515 g/mol. The van der Waals surface area contributed by atoms with Crippen molar-refractivity contribution in [3.63, 3.8) is 0 Å². The summed E-state index contributed by atoms with van der Waals surface area (Å²) in [7, 11) is 0. The first-order valence-corrected chi connectivity index (χ1v) is 13.2. The van der Waals surface area contributed by atoms with Crippen LogP contribution in [0.3, 0.4) is 0 Å². The Morgan fingerprint density at radius 1 is 0.763 bits per heavy atom. The number of thioether (sulfide) groups is 1. The monoisotopic (exact) mass is 514 g/mol. The minimum atomic E-state index is -1.27. The molecule has 5 nitrogen and oxygen atoms in total. The number of amides is 1. The number of phenolic OH excluding ortho intramolecular Hbond substituents is 2. The summed E-state index contributed by atoms with van der Waals surface area (Å²) >= 11 is 1.47. The maximum absolute atomic E-state index is 14.8. The Bertz CT molecular complexity index is 1710. The second-order valence-corrected chi connectivity index (χ2v) is 10.5. The van der Waals surface area contributed by atoms with E-state index in [4.69, 9.17) is 4.99 Å². The molecular formula is C32H22N2O3S. The molecule has 5 aromatic rings. The van der Waals surface area contributed by atoms with E-state index in [2.05, 4.69) is 12.1 Å². The Labute approximate surface area is 223 Å². The van der Waals surface area contributed by atoms with E-state index in [1.807, 2.05) is 84.9 Å². The largest absolute Gasteiger partial charge is 0.508 e. The zero-order valence-corrected chi connectivity index (χ0v) is 21.0. The third-order valence-corrected chi connectivity index (χ3v) is 8.40. The van der Waals surface area contributed by atoms with E-state index in [9.17, 15) is 15.0 Å². The Balaban J connectivity index is 1.53. The van der Waals surface area contributed by atoms with E-state index in [0.717, 1.165) is 32.4 Å². The van der Waals surface area contributed by atoms with Gasteiger partial charge in [-0.2, -0.15) is 0 Å². The molecule has 0 saturated heterocycles. The molecule has 1 amide bonds. The number of benzene rings is 5. The molecule has 184 valence electrons. The highest BCUT2D eigenvalue weighted by atomic mass is 32.2. The van der Waals surface area contributed by atoms with Gasteiger partial charge in [-0.3, -0.25) is 9.69 Å². The topological polar surface area (TPSA) is 73.1 Å². The standard InChI is InChI=1S/C32H22N2O3S/c35-23-16-17-25(26(36)19-23)29-28-24-14-8-7-9-20(24)15-18-27(28)38-31-33-32(30(37)34(29)31,21-10-3-1-4-11-21)22-12-5-2-6-13-22/h1-19,29,35-36H. The lowest BCUT2D eigenvalue weighted by Crippen LogP contribution is -2.44. The Morgan fingerprint density at radius 2 is 1.42 bits per heavy atom. The molecule has 2 aliphatic heterocycles. The van der Waals surface area contributed by atoms with Crippen LogP contribution in [0, 0.1) is 0 Å². The number of fused-ring (bicyclic) bond motifs is 4. The fraction of sp³-hybridized carbons (Fsp3) is 0.0625. The molecule has 5 aromatic carbocycles. The Morgan fingerprint density at radius 3 is 2.11 bits per heavy atom. The molecule has 0 aliphatic carbocycles. The second-order valence-electron chi connectivity index (χ2n) is 9.46. The van der Waals surface area contributed by atoms with Crippen LogP contribution >= 0.6 is 11.8 Å². The van der Waals surface area contributed by atoms with Crippen LogP contribution in [-0.2, 0) is 10.3 Å². The van der Waals surface area contributed by atoms with Crippen molar-refractivity contribution in [3.8, 4) is 11.5 Å². The van der Waals surface area contributed by atoms with Gasteiger partial charge in [0.05, 0.1) is 6.04 Å². The van der Waals surface area contributed by atoms with Crippen molar-refractivity contribution >= 4 is 33.6 Å². The fourth-order valence-electron chi connectivity index (χ4n) is 5.64. The zero-order valence-electron chi connectivity index (χ0n) is 20.2. The number of carbonyl (C=O) groups excluding carboxylic acids is 1. The SMILES string of the molecule is O=C1N2C(=NC1(c1ccccc1)c1ccccc1)Sc1ccc3ccccc3c1C2c1ccc(O)cc1O. The summed E-state index contributed by atoms with van der Waals surface area (Å²) in [6, 6.07) is 35.4. The molecule has 0 radical (unpaired) electrons. The van der Waals surface area contributed by atoms with Crippen LogP contribution in [0.25, 0.3) is 10.8 Å². The van der Waals surface area contributed by atoms with E-state index >= 15 is 0 Å². The molecule has 1 unspecified atom stereocenters. The maximum atomic E-state index is 14.8. The van der Waals surface area contributed by atoms with Gasteiger partial charge in [0, 0.05) is 22.1 Å². The van der Waals surface area contributed by atoms with Gasteiger partial charge in [0.1, 0.15) is 11.5 Å². The molecule has 0 bridgehead atoms. The van der Waals surface area contributed by atoms with Gasteiger partial charge in [0.2, 0.25) is 0 Å². The molecule has 6 heteroatoms. The lowest BCUT2D eigenvalue weighted by molar-refractivity contribution is -0.131. The zero-order chi connectivity index (χ0) is 25.9. The second kappa shape index (κ2) is 8.50. The van der Waals surface area contributed by atoms with Crippen LogP contribution in [0.5, 0.6) is 11.5 Å². The van der Waals surface area contributed by atoms with Crippen LogP contribution in [0.2, 0.25) is 0 Å².